The molecule has 0 bridgehead atoms. The van der Waals surface area contributed by atoms with Crippen molar-refractivity contribution in [3.05, 3.63) is 0 Å². The van der Waals surface area contributed by atoms with E-state index < -0.39 is 0 Å². The number of nitrogens with one attached hydrogen (secondary N) is 4. The number of carbonyl (C=O) groups is 1. The molecule has 0 aromatic rings. The van der Waals surface area contributed by atoms with Crippen LogP contribution in [-0.4, -0.2) is 69.8 Å². The summed E-state index contributed by atoms with van der Waals surface area (Å²) in [6.07, 6.45) is 30.2. The van der Waals surface area contributed by atoms with Crippen LogP contribution in [0.3, 0.4) is 0 Å². The average molecular weight is 597 g/mol. The second-order valence-corrected chi connectivity index (χ2v) is 12.4. The fourth-order valence-electron chi connectivity index (χ4n) is 5.32. The molecule has 0 aromatic heterocycles. The first kappa shape index (κ1) is 41.3. The largest absolute Gasteiger partial charge is 0.355 e. The molecule has 0 fully saturated rings. The van der Waals surface area contributed by atoms with Crippen LogP contribution >= 0.6 is 0 Å². The molecule has 0 saturated heterocycles. The van der Waals surface area contributed by atoms with Gasteiger partial charge in [-0.25, -0.2) is 5.01 Å². The normalized spacial score (nSPS) is 11.5. The van der Waals surface area contributed by atoms with Gasteiger partial charge in [-0.15, -0.1) is 0 Å². The van der Waals surface area contributed by atoms with Crippen LogP contribution < -0.4 is 27.1 Å². The van der Waals surface area contributed by atoms with E-state index in [2.05, 4.69) is 40.2 Å². The summed E-state index contributed by atoms with van der Waals surface area (Å²) in [6, 6.07) is 0. The van der Waals surface area contributed by atoms with Crippen LogP contribution in [0.2, 0.25) is 0 Å². The maximum absolute atomic E-state index is 12.6. The number of unbranched alkanes of at least 4 members (excludes halogenated alkanes) is 18. The van der Waals surface area contributed by atoms with Crippen molar-refractivity contribution in [3.8, 4) is 0 Å². The van der Waals surface area contributed by atoms with E-state index in [4.69, 9.17) is 5.73 Å². The second kappa shape index (κ2) is 36.5. The van der Waals surface area contributed by atoms with E-state index in [0.29, 0.717) is 6.54 Å². The van der Waals surface area contributed by atoms with Crippen molar-refractivity contribution < 1.29 is 4.79 Å². The summed E-state index contributed by atoms with van der Waals surface area (Å²) in [5.74, 6) is 0.137. The Morgan fingerprint density at radius 2 is 0.929 bits per heavy atom. The zero-order chi connectivity index (χ0) is 30.6. The maximum Gasteiger partial charge on any atom is 0.235 e. The van der Waals surface area contributed by atoms with Crippen LogP contribution in [0.5, 0.6) is 0 Å². The second-order valence-electron chi connectivity index (χ2n) is 12.4. The number of carbonyl (C=O) groups excluding carboxylic acids is 1. The average Bonchev–Trinajstić information content (AvgIpc) is 2.99. The smallest absolute Gasteiger partial charge is 0.235 e. The van der Waals surface area contributed by atoms with Crippen molar-refractivity contribution in [1.29, 1.82) is 0 Å². The lowest BCUT2D eigenvalue weighted by Crippen LogP contribution is -2.46. The van der Waals surface area contributed by atoms with Crippen LogP contribution in [0.1, 0.15) is 162 Å². The molecule has 0 unspecified atom stereocenters. The van der Waals surface area contributed by atoms with Crippen LogP contribution in [0, 0.1) is 0 Å². The zero-order valence-corrected chi connectivity index (χ0v) is 28.6. The van der Waals surface area contributed by atoms with Crippen LogP contribution in [0.4, 0.5) is 0 Å². The minimum atomic E-state index is 0.137. The molecule has 0 aliphatic heterocycles. The lowest BCUT2D eigenvalue weighted by molar-refractivity contribution is -0.123. The van der Waals surface area contributed by atoms with Gasteiger partial charge >= 0.3 is 0 Å². The molecule has 7 heteroatoms. The van der Waals surface area contributed by atoms with E-state index in [1.807, 2.05) is 0 Å². The first-order chi connectivity index (χ1) is 20.7. The molecule has 1 amide bonds. The number of hydrogen-bond acceptors (Lipinski definition) is 6. The summed E-state index contributed by atoms with van der Waals surface area (Å²) < 4.78 is 0. The Morgan fingerprint density at radius 3 is 1.45 bits per heavy atom. The third-order valence-corrected chi connectivity index (χ3v) is 8.10. The van der Waals surface area contributed by atoms with Crippen molar-refractivity contribution in [2.75, 3.05) is 58.9 Å². The molecular weight excluding hydrogens is 520 g/mol. The molecule has 0 aliphatic carbocycles. The summed E-state index contributed by atoms with van der Waals surface area (Å²) in [7, 11) is 0. The molecule has 0 heterocycles. The number of hydrogen-bond donors (Lipinski definition) is 5. The molecular formula is C35H76N6O. The Morgan fingerprint density at radius 1 is 0.500 bits per heavy atom. The van der Waals surface area contributed by atoms with Crippen molar-refractivity contribution in [3.63, 3.8) is 0 Å². The topological polar surface area (TPSA) is 94.5 Å². The summed E-state index contributed by atoms with van der Waals surface area (Å²) in [6.45, 7) is 12.5. The fraction of sp³-hybridized carbons (Fsp3) is 0.971. The number of nitrogens with two attached hydrogens (primary N) is 1. The highest BCUT2D eigenvalue weighted by atomic mass is 16.2. The summed E-state index contributed by atoms with van der Waals surface area (Å²) in [5, 5.41) is 12.2. The molecule has 0 spiro atoms. The Bertz CT molecular complexity index is 522. The molecule has 6 N–H and O–H groups in total. The minimum absolute atomic E-state index is 0.137. The van der Waals surface area contributed by atoms with Gasteiger partial charge in [0.25, 0.3) is 0 Å². The summed E-state index contributed by atoms with van der Waals surface area (Å²) >= 11 is 0. The lowest BCUT2D eigenvalue weighted by atomic mass is 10.0. The fourth-order valence-corrected chi connectivity index (χ4v) is 5.32. The van der Waals surface area contributed by atoms with Gasteiger partial charge in [-0.1, -0.05) is 123 Å². The highest BCUT2D eigenvalue weighted by Crippen LogP contribution is 2.13. The third-order valence-electron chi connectivity index (χ3n) is 8.10. The van der Waals surface area contributed by atoms with E-state index in [-0.39, 0.29) is 5.91 Å². The Labute approximate surface area is 263 Å². The van der Waals surface area contributed by atoms with Gasteiger partial charge in [-0.3, -0.25) is 10.2 Å². The molecule has 7 nitrogen and oxygen atoms in total. The molecule has 42 heavy (non-hydrogen) atoms. The summed E-state index contributed by atoms with van der Waals surface area (Å²) in [5.41, 5.74) is 9.04. The molecule has 252 valence electrons. The van der Waals surface area contributed by atoms with E-state index in [0.717, 1.165) is 65.2 Å². The summed E-state index contributed by atoms with van der Waals surface area (Å²) in [4.78, 5) is 12.6. The van der Waals surface area contributed by atoms with Gasteiger partial charge in [0.15, 0.2) is 0 Å². The Balaban J connectivity index is 3.75. The lowest BCUT2D eigenvalue weighted by Gasteiger charge is -2.23. The van der Waals surface area contributed by atoms with Gasteiger partial charge in [-0.2, -0.15) is 0 Å². The predicted molar refractivity (Wildman–Crippen MR) is 185 cm³/mol. The van der Waals surface area contributed by atoms with E-state index in [1.54, 1.807) is 0 Å². The number of rotatable bonds is 36. The Hall–Kier alpha value is -0.730. The SMILES string of the molecule is CCCCCCCCCCCCCCCCCCN(CC(=O)NCCCNCCCCNCCCN)NCCCCC. The van der Waals surface area contributed by atoms with Crippen molar-refractivity contribution >= 4 is 5.91 Å². The van der Waals surface area contributed by atoms with Crippen LogP contribution in [0.15, 0.2) is 0 Å². The van der Waals surface area contributed by atoms with Crippen LogP contribution in [0.25, 0.3) is 0 Å². The quantitative estimate of drug-likeness (QED) is 0.0393. The number of nitrogens with zero attached hydrogens (tertiary/aromatic N) is 1. The molecule has 0 saturated carbocycles. The van der Waals surface area contributed by atoms with E-state index >= 15 is 0 Å². The third kappa shape index (κ3) is 33.8. The van der Waals surface area contributed by atoms with Crippen LogP contribution in [-0.2, 0) is 4.79 Å². The van der Waals surface area contributed by atoms with Gasteiger partial charge in [0.1, 0.15) is 0 Å². The zero-order valence-electron chi connectivity index (χ0n) is 28.6. The standard InChI is InChI=1S/C35H76N6O/c1-3-5-7-8-9-10-11-12-13-14-15-16-17-18-19-23-33-41(40-32-20-6-4-2)34-35(42)39-31-25-30-38-28-22-21-27-37-29-24-26-36/h37-38,40H,3-34,36H2,1-2H3,(H,39,42). The van der Waals surface area contributed by atoms with E-state index in [9.17, 15) is 4.79 Å². The van der Waals surface area contributed by atoms with Crippen molar-refractivity contribution in [2.45, 2.75) is 162 Å². The first-order valence-electron chi connectivity index (χ1n) is 18.6. The van der Waals surface area contributed by atoms with Crippen molar-refractivity contribution in [1.82, 2.24) is 26.4 Å². The number of hydrazine groups is 1. The molecule has 0 aliphatic rings. The van der Waals surface area contributed by atoms with Gasteiger partial charge in [0.2, 0.25) is 5.91 Å². The Kier molecular flexibility index (Phi) is 35.8. The number of amides is 1. The van der Waals surface area contributed by atoms with Gasteiger partial charge in [-0.05, 0) is 71.2 Å². The molecule has 0 radical (unpaired) electrons. The molecule has 0 rings (SSSR count). The highest BCUT2D eigenvalue weighted by Gasteiger charge is 2.10. The maximum atomic E-state index is 12.6. The van der Waals surface area contributed by atoms with Gasteiger partial charge in [0, 0.05) is 19.6 Å². The van der Waals surface area contributed by atoms with Gasteiger partial charge in [0.05, 0.1) is 6.54 Å². The molecule has 0 atom stereocenters. The molecule has 0 aromatic carbocycles. The first-order valence-corrected chi connectivity index (χ1v) is 18.6. The van der Waals surface area contributed by atoms with Crippen molar-refractivity contribution in [2.24, 2.45) is 5.73 Å². The monoisotopic (exact) mass is 597 g/mol. The minimum Gasteiger partial charge on any atom is -0.355 e. The highest BCUT2D eigenvalue weighted by molar-refractivity contribution is 5.77. The predicted octanol–water partition coefficient (Wildman–Crippen LogP) is 7.06. The van der Waals surface area contributed by atoms with Gasteiger partial charge < -0.3 is 21.7 Å². The van der Waals surface area contributed by atoms with E-state index in [1.165, 1.54) is 135 Å².